The van der Waals surface area contributed by atoms with Crippen molar-refractivity contribution in [2.45, 2.75) is 6.54 Å². The van der Waals surface area contributed by atoms with Crippen molar-refractivity contribution in [3.63, 3.8) is 0 Å². The summed E-state index contributed by atoms with van der Waals surface area (Å²) in [4.78, 5) is 6.17. The molecule has 0 fully saturated rings. The molecule has 1 aromatic heterocycles. The van der Waals surface area contributed by atoms with Crippen LogP contribution in [-0.4, -0.2) is 21.6 Å². The van der Waals surface area contributed by atoms with Gasteiger partial charge in [-0.25, -0.2) is 9.37 Å². The van der Waals surface area contributed by atoms with Crippen molar-refractivity contribution in [1.82, 2.24) is 9.55 Å². The largest absolute Gasteiger partial charge is 0.389 e. The Bertz CT molecular complexity index is 608. The van der Waals surface area contributed by atoms with Crippen molar-refractivity contribution in [2.75, 3.05) is 11.9 Å². The van der Waals surface area contributed by atoms with Gasteiger partial charge in [0.2, 0.25) is 0 Å². The van der Waals surface area contributed by atoms with E-state index < -0.39 is 5.82 Å². The molecule has 0 unspecified atom stereocenters. The van der Waals surface area contributed by atoms with Gasteiger partial charge in [-0.3, -0.25) is 0 Å². The van der Waals surface area contributed by atoms with E-state index in [-0.39, 0.29) is 10.6 Å². The number of imidazole rings is 1. The number of hydrogen-bond donors (Lipinski definition) is 1. The summed E-state index contributed by atoms with van der Waals surface area (Å²) in [6, 6.07) is 4.79. The van der Waals surface area contributed by atoms with Crippen molar-refractivity contribution in [1.29, 1.82) is 0 Å². The van der Waals surface area contributed by atoms with Crippen LogP contribution < -0.4 is 10.6 Å². The molecule has 1 heterocycles. The normalized spacial score (nSPS) is 10.5. The summed E-state index contributed by atoms with van der Waals surface area (Å²) in [6.45, 7) is 0.544. The van der Waals surface area contributed by atoms with Gasteiger partial charge in [-0.15, -0.1) is 0 Å². The summed E-state index contributed by atoms with van der Waals surface area (Å²) in [7, 11) is 3.77. The fraction of sp³-hybridized carbons (Fsp3) is 0.231. The van der Waals surface area contributed by atoms with E-state index in [1.807, 2.05) is 29.8 Å². The maximum absolute atomic E-state index is 13.8. The second-order valence-electron chi connectivity index (χ2n) is 4.31. The molecule has 0 amide bonds. The van der Waals surface area contributed by atoms with Crippen LogP contribution in [0.3, 0.4) is 0 Å². The van der Waals surface area contributed by atoms with Crippen molar-refractivity contribution >= 4 is 22.9 Å². The van der Waals surface area contributed by atoms with Crippen LogP contribution in [0.2, 0.25) is 0 Å². The van der Waals surface area contributed by atoms with Crippen LogP contribution in [0.25, 0.3) is 0 Å². The van der Waals surface area contributed by atoms with E-state index in [4.69, 9.17) is 18.0 Å². The molecule has 0 saturated carbocycles. The molecule has 0 spiro atoms. The predicted molar refractivity (Wildman–Crippen MR) is 77.6 cm³/mol. The molecule has 100 valence electrons. The highest BCUT2D eigenvalue weighted by molar-refractivity contribution is 7.80. The SMILES string of the molecule is CN(Cc1nccn1C)c1cccc(F)c1C(N)=S. The third-order valence-corrected chi connectivity index (χ3v) is 3.15. The fourth-order valence-electron chi connectivity index (χ4n) is 1.92. The molecule has 0 aliphatic carbocycles. The molecule has 0 atom stereocenters. The molecule has 0 radical (unpaired) electrons. The van der Waals surface area contributed by atoms with E-state index in [1.54, 1.807) is 18.3 Å². The van der Waals surface area contributed by atoms with Crippen molar-refractivity contribution in [3.8, 4) is 0 Å². The predicted octanol–water partition coefficient (Wildman–Crippen LogP) is 1.83. The maximum atomic E-state index is 13.8. The number of rotatable bonds is 4. The Morgan fingerprint density at radius 3 is 2.84 bits per heavy atom. The van der Waals surface area contributed by atoms with Crippen LogP contribution in [0.4, 0.5) is 10.1 Å². The number of aromatic nitrogens is 2. The van der Waals surface area contributed by atoms with Gasteiger partial charge in [0.1, 0.15) is 16.6 Å². The Morgan fingerprint density at radius 1 is 1.53 bits per heavy atom. The van der Waals surface area contributed by atoms with Gasteiger partial charge in [-0.1, -0.05) is 18.3 Å². The minimum Gasteiger partial charge on any atom is -0.389 e. The number of nitrogens with zero attached hydrogens (tertiary/aromatic N) is 3. The van der Waals surface area contributed by atoms with Crippen LogP contribution in [0.5, 0.6) is 0 Å². The zero-order valence-electron chi connectivity index (χ0n) is 10.8. The van der Waals surface area contributed by atoms with E-state index in [1.165, 1.54) is 6.07 Å². The van der Waals surface area contributed by atoms with Crippen molar-refractivity contribution < 1.29 is 4.39 Å². The van der Waals surface area contributed by atoms with Crippen LogP contribution >= 0.6 is 12.2 Å². The first-order valence-electron chi connectivity index (χ1n) is 5.76. The summed E-state index contributed by atoms with van der Waals surface area (Å²) in [5, 5.41) is 0. The molecule has 19 heavy (non-hydrogen) atoms. The second-order valence-corrected chi connectivity index (χ2v) is 4.75. The third-order valence-electron chi connectivity index (χ3n) is 2.95. The standard InChI is InChI=1S/C13H15FN4S/c1-17-7-6-16-11(17)8-18(2)10-5-3-4-9(14)12(10)13(15)19/h3-7H,8H2,1-2H3,(H2,15,19). The number of thiocarbonyl (C=S) groups is 1. The topological polar surface area (TPSA) is 47.1 Å². The van der Waals surface area contributed by atoms with E-state index in [2.05, 4.69) is 4.98 Å². The lowest BCUT2D eigenvalue weighted by Crippen LogP contribution is -2.24. The monoisotopic (exact) mass is 278 g/mol. The number of hydrogen-bond acceptors (Lipinski definition) is 3. The third kappa shape index (κ3) is 2.73. The Morgan fingerprint density at radius 2 is 2.26 bits per heavy atom. The molecule has 4 nitrogen and oxygen atoms in total. The summed E-state index contributed by atoms with van der Waals surface area (Å²) >= 11 is 4.92. The van der Waals surface area contributed by atoms with Crippen LogP contribution in [0, 0.1) is 5.82 Å². The molecule has 1 aromatic carbocycles. The quantitative estimate of drug-likeness (QED) is 0.867. The Hall–Kier alpha value is -1.95. The van der Waals surface area contributed by atoms with Crippen molar-refractivity contribution in [2.24, 2.45) is 12.8 Å². The lowest BCUT2D eigenvalue weighted by Gasteiger charge is -2.22. The summed E-state index contributed by atoms with van der Waals surface area (Å²) < 4.78 is 15.7. The highest BCUT2D eigenvalue weighted by Gasteiger charge is 2.15. The van der Waals surface area contributed by atoms with Crippen LogP contribution in [0.15, 0.2) is 30.6 Å². The highest BCUT2D eigenvalue weighted by Crippen LogP contribution is 2.23. The summed E-state index contributed by atoms with van der Waals surface area (Å²) in [6.07, 6.45) is 3.59. The molecule has 2 aromatic rings. The maximum Gasteiger partial charge on any atom is 0.135 e. The van der Waals surface area contributed by atoms with Gasteiger partial charge in [-0.05, 0) is 12.1 Å². The Labute approximate surface area is 116 Å². The van der Waals surface area contributed by atoms with Gasteiger partial charge >= 0.3 is 0 Å². The average Bonchev–Trinajstić information content (AvgIpc) is 2.74. The first-order chi connectivity index (χ1) is 9.00. The zero-order valence-corrected chi connectivity index (χ0v) is 11.6. The molecule has 0 aliphatic heterocycles. The molecular formula is C13H15FN4S. The van der Waals surface area contributed by atoms with E-state index >= 15 is 0 Å². The van der Waals surface area contributed by atoms with Gasteiger partial charge in [0.05, 0.1) is 17.8 Å². The van der Waals surface area contributed by atoms with Gasteiger partial charge in [0.15, 0.2) is 0 Å². The molecule has 2 N–H and O–H groups in total. The molecule has 0 saturated heterocycles. The molecule has 0 bridgehead atoms. The minimum atomic E-state index is -0.406. The number of benzene rings is 1. The fourth-order valence-corrected chi connectivity index (χ4v) is 2.12. The van der Waals surface area contributed by atoms with Gasteiger partial charge in [0, 0.05) is 26.5 Å². The van der Waals surface area contributed by atoms with Gasteiger partial charge in [0.25, 0.3) is 0 Å². The van der Waals surface area contributed by atoms with Crippen LogP contribution in [0.1, 0.15) is 11.4 Å². The Kier molecular flexibility index (Phi) is 3.80. The number of anilines is 1. The minimum absolute atomic E-state index is 0.0554. The first kappa shape index (κ1) is 13.5. The number of nitrogens with two attached hydrogens (primary N) is 1. The van der Waals surface area contributed by atoms with E-state index in [9.17, 15) is 4.39 Å². The lowest BCUT2D eigenvalue weighted by atomic mass is 10.1. The van der Waals surface area contributed by atoms with Crippen LogP contribution in [-0.2, 0) is 13.6 Å². The van der Waals surface area contributed by atoms with E-state index in [0.717, 1.165) is 5.82 Å². The average molecular weight is 278 g/mol. The zero-order chi connectivity index (χ0) is 14.0. The van der Waals surface area contributed by atoms with Crippen molar-refractivity contribution in [3.05, 3.63) is 47.8 Å². The molecule has 6 heteroatoms. The molecule has 2 rings (SSSR count). The highest BCUT2D eigenvalue weighted by atomic mass is 32.1. The lowest BCUT2D eigenvalue weighted by molar-refractivity contribution is 0.624. The first-order valence-corrected chi connectivity index (χ1v) is 6.17. The molecular weight excluding hydrogens is 263 g/mol. The number of aryl methyl sites for hydroxylation is 1. The van der Waals surface area contributed by atoms with Gasteiger partial charge < -0.3 is 15.2 Å². The Balaban J connectivity index is 2.34. The second kappa shape index (κ2) is 5.36. The molecule has 0 aliphatic rings. The smallest absolute Gasteiger partial charge is 0.135 e. The van der Waals surface area contributed by atoms with Gasteiger partial charge in [-0.2, -0.15) is 0 Å². The summed E-state index contributed by atoms with van der Waals surface area (Å²) in [5.41, 5.74) is 6.54. The summed E-state index contributed by atoms with van der Waals surface area (Å²) in [5.74, 6) is 0.470. The van der Waals surface area contributed by atoms with E-state index in [0.29, 0.717) is 12.2 Å². The number of halogens is 1.